The number of likely N-dealkylation sites (N-methyl/N-ethyl adjacent to an activating group) is 1. The van der Waals surface area contributed by atoms with Gasteiger partial charge in [0.2, 0.25) is 11.8 Å². The van der Waals surface area contributed by atoms with Gasteiger partial charge in [-0.3, -0.25) is 14.5 Å². The van der Waals surface area contributed by atoms with Gasteiger partial charge in [-0.2, -0.15) is 11.8 Å². The fourth-order valence-electron chi connectivity index (χ4n) is 2.23. The second-order valence-electron chi connectivity index (χ2n) is 4.46. The first-order valence-corrected chi connectivity index (χ1v) is 6.98. The third-order valence-electron chi connectivity index (χ3n) is 3.25. The molecular formula is C11H18N2O2S. The van der Waals surface area contributed by atoms with Crippen molar-refractivity contribution in [2.75, 3.05) is 18.6 Å². The molecule has 2 atom stereocenters. The van der Waals surface area contributed by atoms with Crippen molar-refractivity contribution in [3.63, 3.8) is 0 Å². The number of amides is 2. The van der Waals surface area contributed by atoms with Crippen LogP contribution in [0.15, 0.2) is 0 Å². The molecule has 2 rings (SSSR count). The van der Waals surface area contributed by atoms with Crippen molar-refractivity contribution < 1.29 is 9.59 Å². The van der Waals surface area contributed by atoms with Gasteiger partial charge in [-0.05, 0) is 25.0 Å². The molecule has 0 aliphatic carbocycles. The number of thioether (sulfide) groups is 1. The van der Waals surface area contributed by atoms with E-state index in [0.717, 1.165) is 12.2 Å². The van der Waals surface area contributed by atoms with Crippen LogP contribution in [0.1, 0.15) is 25.7 Å². The largest absolute Gasteiger partial charge is 0.302 e. The lowest BCUT2D eigenvalue weighted by Gasteiger charge is -2.32. The minimum Gasteiger partial charge on any atom is -0.302 e. The first-order valence-electron chi connectivity index (χ1n) is 5.82. The lowest BCUT2D eigenvalue weighted by Crippen LogP contribution is -2.54. The number of nitrogens with one attached hydrogen (secondary N) is 1. The Morgan fingerprint density at radius 3 is 2.88 bits per heavy atom. The number of carbonyl (C=O) groups excluding carboxylic acids is 2. The summed E-state index contributed by atoms with van der Waals surface area (Å²) >= 11 is 1.94. The van der Waals surface area contributed by atoms with E-state index in [1.807, 2.05) is 11.8 Å². The van der Waals surface area contributed by atoms with E-state index in [9.17, 15) is 9.59 Å². The third kappa shape index (κ3) is 2.58. The molecule has 1 N–H and O–H groups in total. The van der Waals surface area contributed by atoms with Crippen LogP contribution in [0.2, 0.25) is 0 Å². The van der Waals surface area contributed by atoms with Gasteiger partial charge in [0.1, 0.15) is 0 Å². The van der Waals surface area contributed by atoms with Gasteiger partial charge >= 0.3 is 0 Å². The molecule has 0 saturated carbocycles. The Morgan fingerprint density at radius 1 is 1.38 bits per heavy atom. The maximum Gasteiger partial charge on any atom is 0.246 e. The summed E-state index contributed by atoms with van der Waals surface area (Å²) in [6.45, 7) is 0. The Morgan fingerprint density at radius 2 is 2.19 bits per heavy atom. The first-order chi connectivity index (χ1) is 7.68. The van der Waals surface area contributed by atoms with Crippen molar-refractivity contribution in [3.05, 3.63) is 0 Å². The zero-order valence-corrected chi connectivity index (χ0v) is 10.4. The van der Waals surface area contributed by atoms with Crippen LogP contribution < -0.4 is 5.32 Å². The standard InChI is InChI=1S/C11H18N2O2S/c1-13-10(14)5-4-9(11(13)15)12-8-3-2-6-16-7-8/h8-9,12H,2-7H2,1H3. The Bertz CT molecular complexity index is 290. The van der Waals surface area contributed by atoms with E-state index in [-0.39, 0.29) is 17.9 Å². The predicted molar refractivity (Wildman–Crippen MR) is 64.3 cm³/mol. The lowest BCUT2D eigenvalue weighted by molar-refractivity contribution is -0.148. The summed E-state index contributed by atoms with van der Waals surface area (Å²) < 4.78 is 0. The fourth-order valence-corrected chi connectivity index (χ4v) is 3.31. The number of rotatable bonds is 2. The highest BCUT2D eigenvalue weighted by Gasteiger charge is 2.33. The summed E-state index contributed by atoms with van der Waals surface area (Å²) in [5.74, 6) is 2.20. The van der Waals surface area contributed by atoms with Crippen molar-refractivity contribution in [2.24, 2.45) is 0 Å². The van der Waals surface area contributed by atoms with E-state index in [2.05, 4.69) is 5.32 Å². The van der Waals surface area contributed by atoms with Gasteiger partial charge in [-0.1, -0.05) is 0 Å². The van der Waals surface area contributed by atoms with Gasteiger partial charge in [0, 0.05) is 25.3 Å². The average molecular weight is 242 g/mol. The molecule has 0 aromatic carbocycles. The zero-order chi connectivity index (χ0) is 11.5. The first kappa shape index (κ1) is 11.9. The summed E-state index contributed by atoms with van der Waals surface area (Å²) in [5, 5.41) is 3.39. The summed E-state index contributed by atoms with van der Waals surface area (Å²) in [6, 6.07) is 0.292. The molecule has 16 heavy (non-hydrogen) atoms. The number of likely N-dealkylation sites (tertiary alicyclic amines) is 1. The summed E-state index contributed by atoms with van der Waals surface area (Å²) in [7, 11) is 1.58. The van der Waals surface area contributed by atoms with Crippen LogP contribution in [-0.4, -0.2) is 47.4 Å². The van der Waals surface area contributed by atoms with Crippen molar-refractivity contribution in [1.29, 1.82) is 0 Å². The average Bonchev–Trinajstić information content (AvgIpc) is 2.31. The molecule has 2 heterocycles. The van der Waals surface area contributed by atoms with E-state index in [4.69, 9.17) is 0 Å². The number of carbonyl (C=O) groups is 2. The molecular weight excluding hydrogens is 224 g/mol. The molecule has 0 bridgehead atoms. The van der Waals surface area contributed by atoms with Gasteiger partial charge in [0.25, 0.3) is 0 Å². The second-order valence-corrected chi connectivity index (χ2v) is 5.61. The summed E-state index contributed by atoms with van der Waals surface area (Å²) in [5.41, 5.74) is 0. The molecule has 5 heteroatoms. The quantitative estimate of drug-likeness (QED) is 0.721. The van der Waals surface area contributed by atoms with Crippen LogP contribution in [0.25, 0.3) is 0 Å². The van der Waals surface area contributed by atoms with Crippen molar-refractivity contribution in [2.45, 2.75) is 37.8 Å². The normalized spacial score (nSPS) is 31.9. The highest BCUT2D eigenvalue weighted by atomic mass is 32.2. The van der Waals surface area contributed by atoms with Crippen LogP contribution >= 0.6 is 11.8 Å². The van der Waals surface area contributed by atoms with E-state index < -0.39 is 0 Å². The second kappa shape index (κ2) is 5.19. The van der Waals surface area contributed by atoms with Gasteiger partial charge in [-0.25, -0.2) is 0 Å². The lowest BCUT2D eigenvalue weighted by atomic mass is 10.0. The third-order valence-corrected chi connectivity index (χ3v) is 4.46. The van der Waals surface area contributed by atoms with E-state index >= 15 is 0 Å². The number of hydrogen-bond acceptors (Lipinski definition) is 4. The minimum atomic E-state index is -0.147. The summed E-state index contributed by atoms with van der Waals surface area (Å²) in [6.07, 6.45) is 3.51. The number of piperidine rings is 1. The monoisotopic (exact) mass is 242 g/mol. The predicted octanol–water partition coefficient (Wildman–Crippen LogP) is 0.619. The molecule has 2 fully saturated rings. The fraction of sp³-hybridized carbons (Fsp3) is 0.818. The van der Waals surface area contributed by atoms with Gasteiger partial charge < -0.3 is 5.32 Å². The number of nitrogens with zero attached hydrogens (tertiary/aromatic N) is 1. The Kier molecular flexibility index (Phi) is 3.86. The van der Waals surface area contributed by atoms with E-state index in [1.165, 1.54) is 17.1 Å². The van der Waals surface area contributed by atoms with Crippen LogP contribution in [0.5, 0.6) is 0 Å². The molecule has 90 valence electrons. The number of imide groups is 1. The van der Waals surface area contributed by atoms with E-state index in [1.54, 1.807) is 7.05 Å². The minimum absolute atomic E-state index is 0.0546. The van der Waals surface area contributed by atoms with E-state index in [0.29, 0.717) is 18.9 Å². The van der Waals surface area contributed by atoms with Crippen molar-refractivity contribution in [1.82, 2.24) is 10.2 Å². The van der Waals surface area contributed by atoms with Crippen LogP contribution in [0, 0.1) is 0 Å². The molecule has 2 saturated heterocycles. The molecule has 2 unspecified atom stereocenters. The van der Waals surface area contributed by atoms with Crippen molar-refractivity contribution in [3.8, 4) is 0 Å². The molecule has 0 spiro atoms. The highest BCUT2D eigenvalue weighted by molar-refractivity contribution is 7.99. The van der Waals surface area contributed by atoms with Gasteiger partial charge in [0.05, 0.1) is 6.04 Å². The molecule has 0 radical (unpaired) electrons. The number of hydrogen-bond donors (Lipinski definition) is 1. The highest BCUT2D eigenvalue weighted by Crippen LogP contribution is 2.19. The molecule has 2 amide bonds. The Labute approximate surface area is 100 Å². The van der Waals surface area contributed by atoms with Crippen molar-refractivity contribution >= 4 is 23.6 Å². The van der Waals surface area contributed by atoms with Crippen LogP contribution in [0.3, 0.4) is 0 Å². The maximum absolute atomic E-state index is 11.8. The Balaban J connectivity index is 1.89. The Hall–Kier alpha value is -0.550. The zero-order valence-electron chi connectivity index (χ0n) is 9.57. The summed E-state index contributed by atoms with van der Waals surface area (Å²) in [4.78, 5) is 24.4. The van der Waals surface area contributed by atoms with Crippen LogP contribution in [0.4, 0.5) is 0 Å². The van der Waals surface area contributed by atoms with Crippen LogP contribution in [-0.2, 0) is 9.59 Å². The molecule has 2 aliphatic rings. The molecule has 0 aromatic rings. The maximum atomic E-state index is 11.8. The molecule has 0 aromatic heterocycles. The van der Waals surface area contributed by atoms with Gasteiger partial charge in [-0.15, -0.1) is 0 Å². The topological polar surface area (TPSA) is 49.4 Å². The van der Waals surface area contributed by atoms with Gasteiger partial charge in [0.15, 0.2) is 0 Å². The SMILES string of the molecule is CN1C(=O)CCC(NC2CCCSC2)C1=O. The molecule has 4 nitrogen and oxygen atoms in total. The smallest absolute Gasteiger partial charge is 0.246 e. The molecule has 2 aliphatic heterocycles.